The molecule has 3 nitrogen and oxygen atoms in total. The van der Waals surface area contributed by atoms with Crippen LogP contribution < -0.4 is 4.90 Å². The summed E-state index contributed by atoms with van der Waals surface area (Å²) < 4.78 is 9.13. The molecule has 0 amide bonds. The molecule has 1 aliphatic rings. The second-order valence-electron chi connectivity index (χ2n) is 18.2. The van der Waals surface area contributed by atoms with E-state index in [0.29, 0.717) is 5.92 Å². The van der Waals surface area contributed by atoms with Gasteiger partial charge >= 0.3 is 0 Å². The molecule has 3 heteroatoms. The highest BCUT2D eigenvalue weighted by Crippen LogP contribution is 2.49. The van der Waals surface area contributed by atoms with Gasteiger partial charge in [0.25, 0.3) is 0 Å². The Morgan fingerprint density at radius 2 is 0.985 bits per heavy atom. The maximum absolute atomic E-state index is 6.74. The van der Waals surface area contributed by atoms with Gasteiger partial charge in [-0.3, -0.25) is 0 Å². The molecule has 0 bridgehead atoms. The van der Waals surface area contributed by atoms with Crippen LogP contribution in [0.4, 0.5) is 17.1 Å². The summed E-state index contributed by atoms with van der Waals surface area (Å²) in [4.78, 5) is 2.49. The first-order valence-corrected chi connectivity index (χ1v) is 23.9. The minimum Gasteiger partial charge on any atom is -0.455 e. The first-order chi connectivity index (χ1) is 33.3. The lowest BCUT2D eigenvalue weighted by molar-refractivity contribution is 0.445. The van der Waals surface area contributed by atoms with E-state index in [4.69, 9.17) is 4.42 Å². The lowest BCUT2D eigenvalue weighted by atomic mass is 9.80. The quantitative estimate of drug-likeness (QED) is 0.152. The first kappa shape index (κ1) is 39.2. The molecule has 0 aliphatic heterocycles. The Morgan fingerprint density at radius 3 is 1.79 bits per heavy atom. The zero-order chi connectivity index (χ0) is 44.3. The van der Waals surface area contributed by atoms with E-state index in [9.17, 15) is 0 Å². The molecule has 0 N–H and O–H groups in total. The number of hydrogen-bond donors (Lipinski definition) is 0. The Morgan fingerprint density at radius 1 is 0.403 bits per heavy atom. The predicted molar refractivity (Wildman–Crippen MR) is 282 cm³/mol. The number of furan rings is 1. The van der Waals surface area contributed by atoms with Gasteiger partial charge in [0.15, 0.2) is 0 Å². The molecule has 0 saturated heterocycles. The lowest BCUT2D eigenvalue weighted by Gasteiger charge is -2.31. The fraction of sp³-hybridized carbons (Fsp3) is 0.0938. The number of hydrogen-bond acceptors (Lipinski definition) is 2. The zero-order valence-corrected chi connectivity index (χ0v) is 37.3. The van der Waals surface area contributed by atoms with Crippen molar-refractivity contribution in [3.63, 3.8) is 0 Å². The van der Waals surface area contributed by atoms with E-state index in [1.54, 1.807) is 0 Å². The fourth-order valence-electron chi connectivity index (χ4n) is 11.4. The molecular weight excluding hydrogens is 813 g/mol. The molecule has 1 aliphatic carbocycles. The maximum Gasteiger partial charge on any atom is 0.143 e. The van der Waals surface area contributed by atoms with Gasteiger partial charge in [0.05, 0.1) is 22.4 Å². The summed E-state index contributed by atoms with van der Waals surface area (Å²) in [6.07, 6.45) is 6.41. The highest BCUT2D eigenvalue weighted by molar-refractivity contribution is 6.16. The van der Waals surface area contributed by atoms with Crippen LogP contribution in [0.3, 0.4) is 0 Å². The maximum atomic E-state index is 6.74. The van der Waals surface area contributed by atoms with Crippen molar-refractivity contribution < 1.29 is 4.42 Å². The van der Waals surface area contributed by atoms with E-state index in [1.807, 2.05) is 0 Å². The monoisotopic (exact) mass is 860 g/mol. The summed E-state index contributed by atoms with van der Waals surface area (Å²) in [5, 5.41) is 7.42. The second kappa shape index (κ2) is 16.4. The van der Waals surface area contributed by atoms with Gasteiger partial charge in [-0.1, -0.05) is 189 Å². The summed E-state index contributed by atoms with van der Waals surface area (Å²) in [6.45, 7) is 0. The number of fused-ring (bicyclic) bond motifs is 7. The van der Waals surface area contributed by atoms with Crippen LogP contribution in [0.2, 0.25) is 0 Å². The van der Waals surface area contributed by atoms with Gasteiger partial charge < -0.3 is 13.9 Å². The third-order valence-electron chi connectivity index (χ3n) is 14.4. The molecule has 12 aromatic rings. The number of aromatic nitrogens is 1. The van der Waals surface area contributed by atoms with Crippen LogP contribution in [0.1, 0.15) is 43.6 Å². The molecule has 0 radical (unpaired) electrons. The summed E-state index contributed by atoms with van der Waals surface area (Å²) in [5.74, 6) is 0.561. The number of para-hydroxylation sites is 6. The van der Waals surface area contributed by atoms with E-state index in [1.165, 1.54) is 92.5 Å². The summed E-state index contributed by atoms with van der Waals surface area (Å²) in [7, 11) is 0. The number of benzene rings is 10. The fourth-order valence-corrected chi connectivity index (χ4v) is 11.4. The number of anilines is 3. The van der Waals surface area contributed by atoms with Gasteiger partial charge in [-0.25, -0.2) is 0 Å². The van der Waals surface area contributed by atoms with Crippen molar-refractivity contribution in [2.45, 2.75) is 38.0 Å². The number of rotatable bonds is 8. The van der Waals surface area contributed by atoms with Crippen LogP contribution in [0.25, 0.3) is 93.6 Å². The van der Waals surface area contributed by atoms with Crippen molar-refractivity contribution in [2.75, 3.05) is 4.90 Å². The molecule has 320 valence electrons. The van der Waals surface area contributed by atoms with Crippen LogP contribution in [0.15, 0.2) is 229 Å². The smallest absolute Gasteiger partial charge is 0.143 e. The summed E-state index contributed by atoms with van der Waals surface area (Å²) in [6, 6.07) is 82.2. The van der Waals surface area contributed by atoms with Gasteiger partial charge in [-0.05, 0) is 106 Å². The Kier molecular flexibility index (Phi) is 9.60. The highest BCUT2D eigenvalue weighted by atomic mass is 16.3. The highest BCUT2D eigenvalue weighted by Gasteiger charge is 2.25. The predicted octanol–water partition coefficient (Wildman–Crippen LogP) is 18.4. The third-order valence-corrected chi connectivity index (χ3v) is 14.4. The van der Waals surface area contributed by atoms with E-state index >= 15 is 0 Å². The molecular formula is C64H48N2O. The molecule has 67 heavy (non-hydrogen) atoms. The second-order valence-corrected chi connectivity index (χ2v) is 18.2. The average molecular weight is 861 g/mol. The first-order valence-electron chi connectivity index (χ1n) is 23.9. The van der Waals surface area contributed by atoms with Gasteiger partial charge in [0.2, 0.25) is 0 Å². The van der Waals surface area contributed by atoms with Crippen LogP contribution >= 0.6 is 0 Å². The Bertz CT molecular complexity index is 3790. The molecule has 13 rings (SSSR count). The molecule has 10 aromatic carbocycles. The van der Waals surface area contributed by atoms with Crippen molar-refractivity contribution in [3.8, 4) is 39.1 Å². The molecule has 0 atom stereocenters. The van der Waals surface area contributed by atoms with E-state index in [2.05, 4.69) is 234 Å². The van der Waals surface area contributed by atoms with Gasteiger partial charge in [0, 0.05) is 49.6 Å². The molecule has 0 spiro atoms. The Balaban J connectivity index is 1.03. The molecule has 1 saturated carbocycles. The SMILES string of the molecule is c1ccc(-n2c3ccccc3c3c(-c4ccc(N(c5ccccc5-c5cccc6c5oc5ccccc56)c5ccccc5-c5cccc6cccc(C7CCCCC7)c56)cc4)cccc32)cc1. The van der Waals surface area contributed by atoms with Crippen molar-refractivity contribution in [3.05, 3.63) is 230 Å². The molecule has 0 unspecified atom stereocenters. The largest absolute Gasteiger partial charge is 0.455 e. The van der Waals surface area contributed by atoms with E-state index in [-0.39, 0.29) is 0 Å². The van der Waals surface area contributed by atoms with E-state index < -0.39 is 0 Å². The van der Waals surface area contributed by atoms with Crippen LogP contribution in [0, 0.1) is 0 Å². The standard InChI is InChI=1S/C64H48N2O/c1-3-19-43(20-4-1)48-29-15-21-45-22-16-31-53(62(45)48)50-25-7-11-34-57(50)65(58-35-12-8-26-51(58)54-32-17-33-55-52-27-10-14-38-61(52)67-64(54)55)47-41-39-44(40-42-47)49-30-18-37-60-63(49)56-28-9-13-36-59(56)66(60)46-23-5-2-6-24-46/h2,5-18,21-43H,1,3-4,19-20H2. The van der Waals surface area contributed by atoms with Gasteiger partial charge in [-0.15, -0.1) is 0 Å². The summed E-state index contributed by atoms with van der Waals surface area (Å²) >= 11 is 0. The van der Waals surface area contributed by atoms with Crippen molar-refractivity contribution in [1.82, 2.24) is 4.57 Å². The Labute approximate surface area is 390 Å². The van der Waals surface area contributed by atoms with Crippen LogP contribution in [-0.4, -0.2) is 4.57 Å². The summed E-state index contributed by atoms with van der Waals surface area (Å²) in [5.41, 5.74) is 17.1. The zero-order valence-electron chi connectivity index (χ0n) is 37.3. The van der Waals surface area contributed by atoms with Crippen molar-refractivity contribution in [1.29, 1.82) is 0 Å². The average Bonchev–Trinajstić information content (AvgIpc) is 3.96. The number of nitrogens with zero attached hydrogens (tertiary/aromatic N) is 2. The van der Waals surface area contributed by atoms with Crippen molar-refractivity contribution >= 4 is 71.6 Å². The molecule has 2 aromatic heterocycles. The molecule has 2 heterocycles. The van der Waals surface area contributed by atoms with Crippen LogP contribution in [0.5, 0.6) is 0 Å². The van der Waals surface area contributed by atoms with E-state index in [0.717, 1.165) is 55.8 Å². The lowest BCUT2D eigenvalue weighted by Crippen LogP contribution is -2.12. The molecule has 1 fully saturated rings. The minimum atomic E-state index is 0.561. The Hall–Kier alpha value is -8.14. The van der Waals surface area contributed by atoms with Gasteiger partial charge in [-0.2, -0.15) is 0 Å². The minimum absolute atomic E-state index is 0.561. The topological polar surface area (TPSA) is 21.3 Å². The van der Waals surface area contributed by atoms with Crippen molar-refractivity contribution in [2.24, 2.45) is 0 Å². The normalized spacial score (nSPS) is 13.3. The third kappa shape index (κ3) is 6.56. The van der Waals surface area contributed by atoms with Gasteiger partial charge in [0.1, 0.15) is 11.2 Å². The van der Waals surface area contributed by atoms with Crippen LogP contribution in [-0.2, 0) is 0 Å².